The van der Waals surface area contributed by atoms with Crippen molar-refractivity contribution >= 4 is 42.4 Å². The molecule has 2 amide bonds. The third-order valence-electron chi connectivity index (χ3n) is 8.35. The molecule has 4 rings (SSSR count). The van der Waals surface area contributed by atoms with Gasteiger partial charge in [-0.25, -0.2) is 26.7 Å². The number of aliphatic hydroxyl groups is 1. The highest BCUT2D eigenvalue weighted by atomic mass is 32.2. The number of fused-ring (bicyclic) bond motifs is 1. The minimum absolute atomic E-state index is 0.00411. The lowest BCUT2D eigenvalue weighted by Gasteiger charge is -2.36. The zero-order chi connectivity index (χ0) is 34.7. The Morgan fingerprint density at radius 1 is 1.07 bits per heavy atom. The largest absolute Gasteiger partial charge is 0.380 e. The van der Waals surface area contributed by atoms with E-state index in [2.05, 4.69) is 16.9 Å². The molecule has 0 saturated carbocycles. The molecule has 0 radical (unpaired) electrons. The highest BCUT2D eigenvalue weighted by Crippen LogP contribution is 2.29. The molecule has 2 heterocycles. The number of ether oxygens (including phenoxy) is 1. The lowest BCUT2D eigenvalue weighted by Crippen LogP contribution is -2.49. The van der Waals surface area contributed by atoms with Crippen LogP contribution in [0.2, 0.25) is 0 Å². The van der Waals surface area contributed by atoms with Crippen LogP contribution in [0.25, 0.3) is 10.9 Å². The van der Waals surface area contributed by atoms with E-state index in [-0.39, 0.29) is 43.5 Å². The van der Waals surface area contributed by atoms with Gasteiger partial charge in [0.15, 0.2) is 24.4 Å². The van der Waals surface area contributed by atoms with Gasteiger partial charge < -0.3 is 15.6 Å². The van der Waals surface area contributed by atoms with Gasteiger partial charge in [0.25, 0.3) is 5.91 Å². The number of aromatic nitrogens is 2. The quantitative estimate of drug-likeness (QED) is 0.144. The fourth-order valence-corrected chi connectivity index (χ4v) is 6.05. The maximum atomic E-state index is 15.1. The number of rotatable bonds is 9. The molecule has 250 valence electrons. The van der Waals surface area contributed by atoms with Crippen molar-refractivity contribution in [1.29, 1.82) is 0 Å². The molecular formula is C30H37FN4O9S2. The number of carbonyl (C=O) groups excluding carboxylic acids is 2. The minimum Gasteiger partial charge on any atom is -0.380 e. The summed E-state index contributed by atoms with van der Waals surface area (Å²) >= 11 is 0. The van der Waals surface area contributed by atoms with Crippen LogP contribution in [-0.2, 0) is 46.1 Å². The maximum absolute atomic E-state index is 15.1. The normalized spacial score (nSPS) is 16.8. The van der Waals surface area contributed by atoms with E-state index in [9.17, 15) is 31.5 Å². The van der Waals surface area contributed by atoms with Crippen LogP contribution in [0.1, 0.15) is 50.3 Å². The second-order valence-electron chi connectivity index (χ2n) is 11.5. The first-order valence-electron chi connectivity index (χ1n) is 13.9. The Morgan fingerprint density at radius 2 is 1.65 bits per heavy atom. The molecule has 46 heavy (non-hydrogen) atoms. The van der Waals surface area contributed by atoms with Crippen LogP contribution in [0.5, 0.6) is 0 Å². The van der Waals surface area contributed by atoms with E-state index < -0.39 is 52.4 Å². The number of carbonyl (C=O) groups is 2. The van der Waals surface area contributed by atoms with Crippen LogP contribution >= 0.6 is 0 Å². The number of nitrogens with two attached hydrogens (primary N) is 1. The molecule has 16 heteroatoms. The van der Waals surface area contributed by atoms with Crippen molar-refractivity contribution in [3.63, 3.8) is 0 Å². The summed E-state index contributed by atoms with van der Waals surface area (Å²) in [6.45, 7) is 4.66. The van der Waals surface area contributed by atoms with Gasteiger partial charge >= 0.3 is 0 Å². The highest BCUT2D eigenvalue weighted by Gasteiger charge is 2.43. The lowest BCUT2D eigenvalue weighted by molar-refractivity contribution is -0.184. The van der Waals surface area contributed by atoms with Gasteiger partial charge in [-0.15, -0.1) is 0 Å². The summed E-state index contributed by atoms with van der Waals surface area (Å²) in [5.74, 6) is 3.30. The molecule has 1 aliphatic rings. The third-order valence-corrected chi connectivity index (χ3v) is 12.5. The van der Waals surface area contributed by atoms with Crippen molar-refractivity contribution in [3.05, 3.63) is 65.1 Å². The molecule has 1 aliphatic heterocycles. The zero-order valence-corrected chi connectivity index (χ0v) is 27.6. The number of aryl methyl sites for hydroxylation is 1. The Morgan fingerprint density at radius 3 is 2.09 bits per heavy atom. The van der Waals surface area contributed by atoms with Crippen molar-refractivity contribution in [2.75, 3.05) is 25.7 Å². The summed E-state index contributed by atoms with van der Waals surface area (Å²) in [6.07, 6.45) is 3.37. The van der Waals surface area contributed by atoms with Gasteiger partial charge in [-0.05, 0) is 56.5 Å². The van der Waals surface area contributed by atoms with Crippen molar-refractivity contribution in [3.8, 4) is 11.8 Å². The number of hydrogen-bond acceptors (Lipinski definition) is 10. The Labute approximate surface area is 266 Å². The van der Waals surface area contributed by atoms with E-state index in [1.165, 1.54) is 36.3 Å². The fraction of sp³-hybridized carbons (Fsp3) is 0.433. The van der Waals surface area contributed by atoms with E-state index in [1.807, 2.05) is 0 Å². The number of sulfone groups is 2. The number of nitrogens with one attached hydrogen (secondary N) is 1. The molecule has 5 N–H and O–H groups in total. The average molecular weight is 681 g/mol. The average Bonchev–Trinajstić information content (AvgIpc) is 3.41. The minimum atomic E-state index is -3.86. The van der Waals surface area contributed by atoms with Crippen molar-refractivity contribution in [2.45, 2.75) is 55.3 Å². The number of halogens is 1. The molecule has 1 fully saturated rings. The predicted octanol–water partition coefficient (Wildman–Crippen LogP) is 1.18. The van der Waals surface area contributed by atoms with E-state index >= 15 is 4.39 Å². The van der Waals surface area contributed by atoms with E-state index in [0.717, 1.165) is 18.1 Å². The number of hydroxylamine groups is 1. The smallest absolute Gasteiger partial charge is 0.264 e. The molecule has 3 aromatic rings. The highest BCUT2D eigenvalue weighted by molar-refractivity contribution is 7.93. The molecule has 0 bridgehead atoms. The maximum Gasteiger partial charge on any atom is 0.264 e. The Bertz CT molecular complexity index is 1910. The number of amides is 2. The number of primary amides is 1. The summed E-state index contributed by atoms with van der Waals surface area (Å²) in [6, 6.07) is 10.1. The number of benzene rings is 2. The summed E-state index contributed by atoms with van der Waals surface area (Å²) in [5.41, 5.74) is 7.27. The molecule has 2 atom stereocenters. The Kier molecular flexibility index (Phi) is 10.7. The summed E-state index contributed by atoms with van der Waals surface area (Å²) in [5, 5.41) is 23.7. The van der Waals surface area contributed by atoms with Gasteiger partial charge in [0.2, 0.25) is 5.91 Å². The van der Waals surface area contributed by atoms with Crippen LogP contribution in [0.4, 0.5) is 4.39 Å². The molecule has 1 aromatic heterocycles. The van der Waals surface area contributed by atoms with Crippen LogP contribution in [0.3, 0.4) is 0 Å². The molecule has 0 spiro atoms. The van der Waals surface area contributed by atoms with Crippen LogP contribution in [-0.4, -0.2) is 84.0 Å². The molecule has 1 unspecified atom stereocenters. The predicted molar refractivity (Wildman–Crippen MR) is 167 cm³/mol. The van der Waals surface area contributed by atoms with Gasteiger partial charge in [0.05, 0.1) is 29.7 Å². The number of hydrogen-bond donors (Lipinski definition) is 4. The van der Waals surface area contributed by atoms with Gasteiger partial charge in [0, 0.05) is 30.8 Å². The molecular weight excluding hydrogens is 643 g/mol. The summed E-state index contributed by atoms with van der Waals surface area (Å²) < 4.78 is 64.5. The number of nitrogens with zero attached hydrogens (tertiary/aromatic N) is 2. The second-order valence-corrected chi connectivity index (χ2v) is 16.4. The summed E-state index contributed by atoms with van der Waals surface area (Å²) in [4.78, 5) is 22.7. The molecule has 1 saturated heterocycles. The Balaban J connectivity index is 0.000000449. The van der Waals surface area contributed by atoms with Crippen LogP contribution in [0, 0.1) is 17.7 Å². The van der Waals surface area contributed by atoms with Crippen molar-refractivity contribution in [2.24, 2.45) is 5.73 Å². The molecule has 2 aromatic carbocycles. The first-order valence-corrected chi connectivity index (χ1v) is 17.7. The Hall–Kier alpha value is -3.88. The van der Waals surface area contributed by atoms with E-state index in [0.29, 0.717) is 11.1 Å². The summed E-state index contributed by atoms with van der Waals surface area (Å²) in [7, 11) is -7.25. The second kappa shape index (κ2) is 13.5. The molecule has 13 nitrogen and oxygen atoms in total. The first kappa shape index (κ1) is 36.6. The topological polar surface area (TPSA) is 208 Å². The van der Waals surface area contributed by atoms with Gasteiger partial charge in [-0.3, -0.25) is 19.5 Å². The third kappa shape index (κ3) is 7.39. The fourth-order valence-electron chi connectivity index (χ4n) is 4.32. The monoisotopic (exact) mass is 680 g/mol. The van der Waals surface area contributed by atoms with Gasteiger partial charge in [0.1, 0.15) is 16.2 Å². The van der Waals surface area contributed by atoms with Crippen molar-refractivity contribution in [1.82, 2.24) is 15.3 Å². The first-order chi connectivity index (χ1) is 21.2. The standard InChI is InChI=1S/C24H24FN3O6S.C6H13NO3S/c1-23(22(29)27-31,35(2,32)33)11-12-28-13-19-20(26-28)10-7-17(21(19)25)6-3-16-4-8-18(9-5-16)24(30)14-34-15-24;1-4-6(2,5(7)8)11(3,9)10/h4-5,7-10,13,30-31H,11-12,14-15H2,1-2H3,(H,27,29);4H2,1-3H3,(H2,7,8)/t23-;/m1./s1. The lowest BCUT2D eigenvalue weighted by atomic mass is 9.91. The van der Waals surface area contributed by atoms with Gasteiger partial charge in [-0.2, -0.15) is 5.10 Å². The van der Waals surface area contributed by atoms with E-state index in [1.54, 1.807) is 37.3 Å². The van der Waals surface area contributed by atoms with Crippen molar-refractivity contribution < 1.29 is 45.9 Å². The SMILES string of the molecule is CCC(C)(C(N)=O)S(C)(=O)=O.C[C@@](CCn1cc2c(F)c(C#Cc3ccc(C4(O)COC4)cc3)ccc2n1)(C(=O)NO)S(C)(=O)=O. The van der Waals surface area contributed by atoms with E-state index in [4.69, 9.17) is 15.7 Å². The molecule has 0 aliphatic carbocycles. The van der Waals surface area contributed by atoms with Crippen LogP contribution in [0.15, 0.2) is 42.6 Å². The van der Waals surface area contributed by atoms with Gasteiger partial charge in [-0.1, -0.05) is 30.9 Å². The zero-order valence-electron chi connectivity index (χ0n) is 26.0. The van der Waals surface area contributed by atoms with Crippen LogP contribution < -0.4 is 11.2 Å².